The van der Waals surface area contributed by atoms with Crippen molar-refractivity contribution in [2.75, 3.05) is 0 Å². The molecular formula is C112H68N20. The average molecular weight is 1690 g/mol. The molecule has 0 saturated carbocycles. The molecule has 15 aromatic carbocycles. The topological polar surface area (TPSA) is 218 Å². The van der Waals surface area contributed by atoms with Gasteiger partial charge in [0.1, 0.15) is 0 Å². The Labute approximate surface area is 753 Å². The molecule has 0 saturated heterocycles. The van der Waals surface area contributed by atoms with E-state index in [1.54, 1.807) is 6.08 Å². The van der Waals surface area contributed by atoms with Gasteiger partial charge < -0.3 is 0 Å². The van der Waals surface area contributed by atoms with Crippen LogP contribution in [0.5, 0.6) is 0 Å². The number of para-hydroxylation sites is 2. The lowest BCUT2D eigenvalue weighted by Crippen LogP contribution is -2.08. The number of benzene rings is 15. The van der Waals surface area contributed by atoms with Gasteiger partial charge in [-0.15, -0.1) is 6.42 Å². The summed E-state index contributed by atoms with van der Waals surface area (Å²) >= 11 is 0. The van der Waals surface area contributed by atoms with Gasteiger partial charge in [0.15, 0.2) is 58.2 Å². The Bertz CT molecular complexity index is 8840. The Kier molecular flexibility index (Phi) is 17.9. The summed E-state index contributed by atoms with van der Waals surface area (Å²) < 4.78 is 10.9. The fourth-order valence-corrected chi connectivity index (χ4v) is 18.3. The summed E-state index contributed by atoms with van der Waals surface area (Å²) in [5, 5.41) is 8.83. The number of aromatic nitrogens is 20. The molecule has 0 aliphatic rings. The molecule has 0 N–H and O–H groups in total. The third-order valence-corrected chi connectivity index (χ3v) is 24.4. The first-order valence-electron chi connectivity index (χ1n) is 43.3. The predicted molar refractivity (Wildman–Crippen MR) is 526 cm³/mol. The van der Waals surface area contributed by atoms with E-state index in [0.29, 0.717) is 88.0 Å². The molecule has 10 aromatic heterocycles. The fraction of sp³-hybridized carbons (Fsp3) is 0.00893. The van der Waals surface area contributed by atoms with Crippen molar-refractivity contribution in [2.45, 2.75) is 6.92 Å². The molecule has 616 valence electrons. The summed E-state index contributed by atoms with van der Waals surface area (Å²) in [6.45, 7) is 1.99. The van der Waals surface area contributed by atoms with E-state index in [0.717, 1.165) is 165 Å². The molecule has 0 aliphatic carbocycles. The number of terminal acetylenes is 1. The summed E-state index contributed by atoms with van der Waals surface area (Å²) in [6, 6.07) is 126. The normalized spacial score (nSPS) is 12.0. The van der Waals surface area contributed by atoms with Crippen LogP contribution in [0.25, 0.3) is 247 Å². The fourth-order valence-electron chi connectivity index (χ4n) is 18.3. The van der Waals surface area contributed by atoms with Crippen LogP contribution in [-0.4, -0.2) is 97.6 Å². The molecule has 0 bridgehead atoms. The van der Waals surface area contributed by atoms with Crippen molar-refractivity contribution in [1.29, 1.82) is 0 Å². The van der Waals surface area contributed by atoms with Crippen LogP contribution in [-0.2, 0) is 0 Å². The number of rotatable bonds is 16. The van der Waals surface area contributed by atoms with E-state index in [1.807, 2.05) is 292 Å². The molecule has 0 aliphatic heterocycles. The molecule has 0 fully saturated rings. The van der Waals surface area contributed by atoms with Gasteiger partial charge in [0.25, 0.3) is 0 Å². The first kappa shape index (κ1) is 75.9. The highest BCUT2D eigenvalue weighted by Crippen LogP contribution is 2.48. The Hall–Kier alpha value is -18.6. The number of hydrogen-bond acceptors (Lipinski definition) is 15. The van der Waals surface area contributed by atoms with E-state index < -0.39 is 0 Å². The van der Waals surface area contributed by atoms with E-state index >= 15 is 0 Å². The molecule has 20 heteroatoms. The molecule has 20 nitrogen and oxygen atoms in total. The van der Waals surface area contributed by atoms with Gasteiger partial charge in [-0.3, -0.25) is 22.8 Å². The first-order valence-corrected chi connectivity index (χ1v) is 43.3. The third kappa shape index (κ3) is 12.9. The van der Waals surface area contributed by atoms with Crippen molar-refractivity contribution >= 4 is 115 Å². The maximum atomic E-state index is 5.86. The Morgan fingerprint density at radius 2 is 0.386 bits per heavy atom. The van der Waals surface area contributed by atoms with E-state index in [-0.39, 0.29) is 0 Å². The zero-order valence-electron chi connectivity index (χ0n) is 70.5. The second-order valence-corrected chi connectivity index (χ2v) is 32.3. The standard InChI is InChI=1S/C112H68N20/c1-3-4-14-37-68(2)98-113-99(69-38-15-5-16-39-69)119-108(118-98)130-92-60-80-78-56-33-35-58-88(78)128(109-120-100(70-40-17-6-18-41-70)114-101(121-109)71-42-19-7-20-43-71)90(80)62-82(92)84-65-96-86(64-94(84)130)87-67-95-85(66-97(87)132(96)112-126-106(76-52-29-12-30-53-76)117-107(127-112)77-54-31-13-32-55-77)83-63-91-81(61-93(83)131(95)111-124-104(74-48-25-10-26-49-74)116-105(125-111)75-50-27-11-28-51-75)79-57-34-36-59-89(79)129(91)110-122-102(72-44-21-8-22-45-72)115-103(123-110)73-46-23-9-24-47-73/h1,4-67H,2H3/b14-4-,68-37+. The zero-order chi connectivity index (χ0) is 87.4. The summed E-state index contributed by atoms with van der Waals surface area (Å²) in [5.41, 5.74) is 16.3. The molecule has 25 aromatic rings. The van der Waals surface area contributed by atoms with Crippen molar-refractivity contribution in [3.8, 4) is 145 Å². The van der Waals surface area contributed by atoms with Crippen molar-refractivity contribution < 1.29 is 0 Å². The van der Waals surface area contributed by atoms with Gasteiger partial charge in [-0.05, 0) is 79.2 Å². The summed E-state index contributed by atoms with van der Waals surface area (Å²) in [4.78, 5) is 81.9. The maximum Gasteiger partial charge on any atom is 0.238 e. The maximum absolute atomic E-state index is 5.86. The largest absolute Gasteiger partial charge is 0.278 e. The third-order valence-electron chi connectivity index (χ3n) is 24.4. The van der Waals surface area contributed by atoms with Gasteiger partial charge in [-0.25, -0.2) is 24.9 Å². The molecule has 0 amide bonds. The smallest absolute Gasteiger partial charge is 0.238 e. The minimum atomic E-state index is 0.364. The SMILES string of the molecule is C#C/C=C\C=C(/C)c1nc(-c2ccccc2)nc(-n2c3cc4c5ccccc5n(-c5nc(-c6ccccc6)nc(-c6ccccc6)n5)c4cc3c3cc4c(cc32)c2cc3c(cc2n4-c2nc(-c4ccccc4)nc(-c4ccccc4)n2)c2cc4c(cc2n3-c2nc(-c3ccccc3)nc(-c3ccccc3)n2)c2ccccc2n4-c2nc(-c3ccccc3)nc(-c3ccccc3)n2)n1. The van der Waals surface area contributed by atoms with Crippen LogP contribution in [0.2, 0.25) is 0 Å². The molecule has 10 heterocycles. The highest BCUT2D eigenvalue weighted by atomic mass is 15.3. The average Bonchev–Trinajstić information content (AvgIpc) is 1.53. The molecule has 0 radical (unpaired) electrons. The Morgan fingerprint density at radius 3 is 0.606 bits per heavy atom. The molecule has 0 atom stereocenters. The van der Waals surface area contributed by atoms with Gasteiger partial charge in [0.2, 0.25) is 29.7 Å². The molecule has 25 rings (SSSR count). The minimum Gasteiger partial charge on any atom is -0.278 e. The second-order valence-electron chi connectivity index (χ2n) is 32.3. The Morgan fingerprint density at radius 1 is 0.205 bits per heavy atom. The van der Waals surface area contributed by atoms with E-state index in [4.69, 9.17) is 81.2 Å². The molecule has 0 spiro atoms. The number of nitrogens with zero attached hydrogens (tertiary/aromatic N) is 20. The van der Waals surface area contributed by atoms with Gasteiger partial charge in [-0.1, -0.05) is 327 Å². The molecule has 132 heavy (non-hydrogen) atoms. The van der Waals surface area contributed by atoms with Crippen LogP contribution < -0.4 is 0 Å². The predicted octanol–water partition coefficient (Wildman–Crippen LogP) is 24.7. The summed E-state index contributed by atoms with van der Waals surface area (Å²) in [6.07, 6.45) is 11.3. The lowest BCUT2D eigenvalue weighted by atomic mass is 10.1. The number of fused-ring (bicyclic) bond motifs is 15. The van der Waals surface area contributed by atoms with Crippen molar-refractivity contribution in [2.24, 2.45) is 0 Å². The highest BCUT2D eigenvalue weighted by Gasteiger charge is 2.31. The van der Waals surface area contributed by atoms with Crippen LogP contribution >= 0.6 is 0 Å². The minimum absolute atomic E-state index is 0.364. The highest BCUT2D eigenvalue weighted by molar-refractivity contribution is 6.26. The molecular weight excluding hydrogens is 1630 g/mol. The van der Waals surface area contributed by atoms with Gasteiger partial charge >= 0.3 is 0 Å². The van der Waals surface area contributed by atoms with Gasteiger partial charge in [-0.2, -0.15) is 49.8 Å². The van der Waals surface area contributed by atoms with Crippen LogP contribution in [0.15, 0.2) is 388 Å². The summed E-state index contributed by atoms with van der Waals surface area (Å²) in [7, 11) is 0. The Balaban J connectivity index is 0.852. The van der Waals surface area contributed by atoms with Crippen molar-refractivity contribution in [3.63, 3.8) is 0 Å². The van der Waals surface area contributed by atoms with Crippen LogP contribution in [0, 0.1) is 12.3 Å². The van der Waals surface area contributed by atoms with Crippen molar-refractivity contribution in [1.82, 2.24) is 97.6 Å². The lowest BCUT2D eigenvalue weighted by molar-refractivity contribution is 0.930. The van der Waals surface area contributed by atoms with Gasteiger partial charge in [0, 0.05) is 104 Å². The number of allylic oxidation sites excluding steroid dienone is 4. The first-order chi connectivity index (χ1) is 65.3. The van der Waals surface area contributed by atoms with Crippen LogP contribution in [0.3, 0.4) is 0 Å². The van der Waals surface area contributed by atoms with Gasteiger partial charge in [0.05, 0.1) is 55.2 Å². The van der Waals surface area contributed by atoms with Crippen LogP contribution in [0.1, 0.15) is 12.7 Å². The monoisotopic (exact) mass is 1690 g/mol. The quantitative estimate of drug-likeness (QED) is 0.0649. The molecule has 0 unspecified atom stereocenters. The van der Waals surface area contributed by atoms with E-state index in [9.17, 15) is 0 Å². The van der Waals surface area contributed by atoms with E-state index in [1.165, 1.54) is 0 Å². The van der Waals surface area contributed by atoms with E-state index in [2.05, 4.69) is 126 Å². The van der Waals surface area contributed by atoms with Crippen LogP contribution in [0.4, 0.5) is 0 Å². The number of hydrogen-bond donors (Lipinski definition) is 0. The zero-order valence-corrected chi connectivity index (χ0v) is 70.5. The summed E-state index contributed by atoms with van der Waals surface area (Å²) in [5.74, 6) is 9.57. The second kappa shape index (κ2) is 31.2. The van der Waals surface area contributed by atoms with Crippen molar-refractivity contribution in [3.05, 3.63) is 394 Å². The lowest BCUT2D eigenvalue weighted by Gasteiger charge is -2.12.